The van der Waals surface area contributed by atoms with E-state index in [1.165, 1.54) is 0 Å². The van der Waals surface area contributed by atoms with Gasteiger partial charge in [-0.15, -0.1) is 0 Å². The number of ether oxygens (including phenoxy) is 2. The Morgan fingerprint density at radius 2 is 2.24 bits per heavy atom. The maximum atomic E-state index is 11.1. The van der Waals surface area contributed by atoms with Crippen LogP contribution in [0.3, 0.4) is 0 Å². The molecule has 0 radical (unpaired) electrons. The Morgan fingerprint density at radius 1 is 1.47 bits per heavy atom. The van der Waals surface area contributed by atoms with Crippen LogP contribution in [0.2, 0.25) is 5.02 Å². The van der Waals surface area contributed by atoms with Crippen LogP contribution >= 0.6 is 11.6 Å². The molecule has 17 heavy (non-hydrogen) atoms. The second-order valence-electron chi connectivity index (χ2n) is 3.30. The summed E-state index contributed by atoms with van der Waals surface area (Å²) in [7, 11) is 1.58. The fourth-order valence-corrected chi connectivity index (χ4v) is 1.49. The van der Waals surface area contributed by atoms with Crippen LogP contribution in [-0.4, -0.2) is 19.7 Å². The molecule has 0 unspecified atom stereocenters. The topological polar surface area (TPSA) is 35.5 Å². The van der Waals surface area contributed by atoms with Crippen LogP contribution in [0.25, 0.3) is 6.08 Å². The van der Waals surface area contributed by atoms with Gasteiger partial charge in [-0.2, -0.15) is 0 Å². The minimum absolute atomic E-state index is 0.239. The van der Waals surface area contributed by atoms with Gasteiger partial charge < -0.3 is 9.47 Å². The van der Waals surface area contributed by atoms with E-state index in [4.69, 9.17) is 21.1 Å². The summed E-state index contributed by atoms with van der Waals surface area (Å²) in [5, 5.41) is 0.615. The maximum absolute atomic E-state index is 11.1. The SMILES string of the molecule is CCOC(=O)CC=Cc1ccc(Cl)cc1OC. The molecule has 0 atom stereocenters. The number of methoxy groups -OCH3 is 1. The molecule has 3 nitrogen and oxygen atoms in total. The van der Waals surface area contributed by atoms with Crippen LogP contribution in [-0.2, 0) is 9.53 Å². The summed E-state index contributed by atoms with van der Waals surface area (Å²) in [6, 6.07) is 5.34. The van der Waals surface area contributed by atoms with E-state index in [2.05, 4.69) is 0 Å². The molecule has 0 aliphatic rings. The smallest absolute Gasteiger partial charge is 0.309 e. The normalized spacial score (nSPS) is 10.5. The van der Waals surface area contributed by atoms with Gasteiger partial charge in [0.1, 0.15) is 5.75 Å². The fourth-order valence-electron chi connectivity index (χ4n) is 1.32. The van der Waals surface area contributed by atoms with Crippen LogP contribution in [0.1, 0.15) is 18.9 Å². The van der Waals surface area contributed by atoms with E-state index in [0.29, 0.717) is 17.4 Å². The van der Waals surface area contributed by atoms with Crippen molar-refractivity contribution in [3.63, 3.8) is 0 Å². The van der Waals surface area contributed by atoms with Crippen LogP contribution in [0, 0.1) is 0 Å². The minimum Gasteiger partial charge on any atom is -0.496 e. The molecule has 0 heterocycles. The molecule has 0 aromatic heterocycles. The minimum atomic E-state index is -0.239. The van der Waals surface area contributed by atoms with Crippen LogP contribution in [0.15, 0.2) is 24.3 Å². The number of esters is 1. The maximum Gasteiger partial charge on any atom is 0.309 e. The molecule has 0 aliphatic heterocycles. The molecule has 0 spiro atoms. The van der Waals surface area contributed by atoms with Crippen LogP contribution < -0.4 is 4.74 Å². The summed E-state index contributed by atoms with van der Waals surface area (Å²) in [4.78, 5) is 11.1. The highest BCUT2D eigenvalue weighted by Crippen LogP contribution is 2.24. The van der Waals surface area contributed by atoms with E-state index in [9.17, 15) is 4.79 Å². The van der Waals surface area contributed by atoms with Gasteiger partial charge in [-0.25, -0.2) is 0 Å². The van der Waals surface area contributed by atoms with Gasteiger partial charge in [-0.3, -0.25) is 4.79 Å². The predicted molar refractivity (Wildman–Crippen MR) is 68.3 cm³/mol. The number of halogens is 1. The van der Waals surface area contributed by atoms with Crippen molar-refractivity contribution in [2.45, 2.75) is 13.3 Å². The zero-order valence-electron chi connectivity index (χ0n) is 9.90. The Morgan fingerprint density at radius 3 is 2.88 bits per heavy atom. The molecule has 0 bridgehead atoms. The molecule has 0 fully saturated rings. The molecule has 92 valence electrons. The average Bonchev–Trinajstić information content (AvgIpc) is 2.31. The summed E-state index contributed by atoms with van der Waals surface area (Å²) < 4.78 is 9.99. The first-order valence-electron chi connectivity index (χ1n) is 5.33. The van der Waals surface area contributed by atoms with Crippen LogP contribution in [0.5, 0.6) is 5.75 Å². The molecule has 1 aromatic rings. The van der Waals surface area contributed by atoms with E-state index in [0.717, 1.165) is 5.56 Å². The second kappa shape index (κ2) is 6.97. The third-order valence-corrected chi connectivity index (χ3v) is 2.32. The van der Waals surface area contributed by atoms with Gasteiger partial charge in [0.05, 0.1) is 20.1 Å². The van der Waals surface area contributed by atoms with Crippen molar-refractivity contribution < 1.29 is 14.3 Å². The highest BCUT2D eigenvalue weighted by atomic mass is 35.5. The van der Waals surface area contributed by atoms with Gasteiger partial charge >= 0.3 is 5.97 Å². The van der Waals surface area contributed by atoms with Crippen molar-refractivity contribution in [3.05, 3.63) is 34.9 Å². The van der Waals surface area contributed by atoms with E-state index >= 15 is 0 Å². The molecule has 1 aromatic carbocycles. The second-order valence-corrected chi connectivity index (χ2v) is 3.73. The number of hydrogen-bond acceptors (Lipinski definition) is 3. The van der Waals surface area contributed by atoms with Gasteiger partial charge in [-0.1, -0.05) is 23.8 Å². The summed E-state index contributed by atoms with van der Waals surface area (Å²) in [5.74, 6) is 0.439. The lowest BCUT2D eigenvalue weighted by molar-refractivity contribution is -0.142. The van der Waals surface area contributed by atoms with E-state index in [-0.39, 0.29) is 12.4 Å². The molecule has 0 saturated heterocycles. The Bertz CT molecular complexity index is 413. The van der Waals surface area contributed by atoms with Crippen molar-refractivity contribution >= 4 is 23.6 Å². The van der Waals surface area contributed by atoms with Gasteiger partial charge in [0.15, 0.2) is 0 Å². The van der Waals surface area contributed by atoms with Gasteiger partial charge in [-0.05, 0) is 25.1 Å². The lowest BCUT2D eigenvalue weighted by atomic mass is 10.2. The Labute approximate surface area is 106 Å². The van der Waals surface area contributed by atoms with E-state index in [1.807, 2.05) is 12.1 Å². The van der Waals surface area contributed by atoms with Gasteiger partial charge in [0.2, 0.25) is 0 Å². The Hall–Kier alpha value is -1.48. The standard InChI is InChI=1S/C13H15ClO3/c1-3-17-13(15)6-4-5-10-7-8-11(14)9-12(10)16-2/h4-5,7-9H,3,6H2,1-2H3. The lowest BCUT2D eigenvalue weighted by Gasteiger charge is -2.04. The number of rotatable bonds is 5. The van der Waals surface area contributed by atoms with Crippen LogP contribution in [0.4, 0.5) is 0 Å². The highest BCUT2D eigenvalue weighted by Gasteiger charge is 2.01. The summed E-state index contributed by atoms with van der Waals surface area (Å²) >= 11 is 5.84. The van der Waals surface area contributed by atoms with Crippen molar-refractivity contribution in [2.24, 2.45) is 0 Å². The van der Waals surface area contributed by atoms with Crippen molar-refractivity contribution in [3.8, 4) is 5.75 Å². The molecular formula is C13H15ClO3. The third-order valence-electron chi connectivity index (χ3n) is 2.08. The van der Waals surface area contributed by atoms with E-state index in [1.54, 1.807) is 32.2 Å². The molecular weight excluding hydrogens is 240 g/mol. The summed E-state index contributed by atoms with van der Waals surface area (Å²) in [6.45, 7) is 2.18. The molecule has 0 N–H and O–H groups in total. The van der Waals surface area contributed by atoms with Gasteiger partial charge in [0.25, 0.3) is 0 Å². The predicted octanol–water partition coefficient (Wildman–Crippen LogP) is 3.32. The van der Waals surface area contributed by atoms with E-state index < -0.39 is 0 Å². The molecule has 4 heteroatoms. The number of benzene rings is 1. The lowest BCUT2D eigenvalue weighted by Crippen LogP contribution is -2.01. The molecule has 0 aliphatic carbocycles. The first-order chi connectivity index (χ1) is 8.17. The fraction of sp³-hybridized carbons (Fsp3) is 0.308. The Balaban J connectivity index is 2.67. The third kappa shape index (κ3) is 4.49. The molecule has 0 saturated carbocycles. The quantitative estimate of drug-likeness (QED) is 0.757. The highest BCUT2D eigenvalue weighted by molar-refractivity contribution is 6.30. The van der Waals surface area contributed by atoms with Crippen molar-refractivity contribution in [2.75, 3.05) is 13.7 Å². The number of carbonyl (C=O) groups excluding carboxylic acids is 1. The van der Waals surface area contributed by atoms with Crippen molar-refractivity contribution in [1.29, 1.82) is 0 Å². The largest absolute Gasteiger partial charge is 0.496 e. The first kappa shape index (κ1) is 13.6. The average molecular weight is 255 g/mol. The molecule has 1 rings (SSSR count). The number of carbonyl (C=O) groups is 1. The summed E-state index contributed by atoms with van der Waals surface area (Å²) in [5.41, 5.74) is 0.876. The monoisotopic (exact) mass is 254 g/mol. The zero-order chi connectivity index (χ0) is 12.7. The zero-order valence-corrected chi connectivity index (χ0v) is 10.7. The van der Waals surface area contributed by atoms with Gasteiger partial charge in [0, 0.05) is 10.6 Å². The summed E-state index contributed by atoms with van der Waals surface area (Å²) in [6.07, 6.45) is 3.80. The number of hydrogen-bond donors (Lipinski definition) is 0. The molecule has 0 amide bonds. The first-order valence-corrected chi connectivity index (χ1v) is 5.71. The Kier molecular flexibility index (Phi) is 5.57. The van der Waals surface area contributed by atoms with Crippen molar-refractivity contribution in [1.82, 2.24) is 0 Å².